The highest BCUT2D eigenvalue weighted by Gasteiger charge is 2.13. The molecule has 0 aromatic carbocycles. The van der Waals surface area contributed by atoms with E-state index in [-0.39, 0.29) is 5.56 Å². The van der Waals surface area contributed by atoms with Crippen molar-refractivity contribution >= 4 is 21.7 Å². The molecule has 96 valence electrons. The van der Waals surface area contributed by atoms with E-state index in [1.165, 1.54) is 6.33 Å². The molecule has 6 nitrogen and oxygen atoms in total. The molecule has 1 N–H and O–H groups in total. The molecule has 0 unspecified atom stereocenters. The molecule has 1 rings (SSSR count). The molecule has 0 saturated heterocycles. The molecule has 0 amide bonds. The van der Waals surface area contributed by atoms with Gasteiger partial charge < -0.3 is 19.4 Å². The minimum atomic E-state index is -0.199. The molecular formula is C10H16BrN3O3. The van der Waals surface area contributed by atoms with Gasteiger partial charge >= 0.3 is 0 Å². The van der Waals surface area contributed by atoms with Crippen molar-refractivity contribution in [3.8, 4) is 0 Å². The van der Waals surface area contributed by atoms with E-state index >= 15 is 0 Å². The quantitative estimate of drug-likeness (QED) is 0.800. The van der Waals surface area contributed by atoms with Gasteiger partial charge in [0.05, 0.1) is 19.5 Å². The molecule has 0 aliphatic rings. The van der Waals surface area contributed by atoms with Gasteiger partial charge in [-0.1, -0.05) is 0 Å². The molecule has 0 radical (unpaired) electrons. The summed E-state index contributed by atoms with van der Waals surface area (Å²) in [4.78, 5) is 20.1. The van der Waals surface area contributed by atoms with E-state index in [1.807, 2.05) is 4.90 Å². The second-order valence-electron chi connectivity index (χ2n) is 3.34. The highest BCUT2D eigenvalue weighted by molar-refractivity contribution is 9.10. The third-order valence-corrected chi connectivity index (χ3v) is 2.92. The van der Waals surface area contributed by atoms with Crippen LogP contribution < -0.4 is 10.5 Å². The standard InChI is InChI=1S/C10H16BrN3O3/c1-16-5-3-14(4-6-17-2)9-8(11)10(15)13-7-12-9/h7H,3-6H2,1-2H3,(H,12,13,15). The van der Waals surface area contributed by atoms with Gasteiger partial charge in [-0.2, -0.15) is 0 Å². The number of anilines is 1. The number of methoxy groups -OCH3 is 2. The molecule has 1 aromatic heterocycles. The Morgan fingerprint density at radius 1 is 1.35 bits per heavy atom. The van der Waals surface area contributed by atoms with Crippen LogP contribution in [0.4, 0.5) is 5.82 Å². The zero-order chi connectivity index (χ0) is 12.7. The highest BCUT2D eigenvalue weighted by atomic mass is 79.9. The first-order valence-electron chi connectivity index (χ1n) is 5.16. The number of H-pyrrole nitrogens is 1. The molecule has 0 spiro atoms. The second-order valence-corrected chi connectivity index (χ2v) is 4.13. The maximum Gasteiger partial charge on any atom is 0.267 e. The predicted octanol–water partition coefficient (Wildman–Crippen LogP) is 0.632. The van der Waals surface area contributed by atoms with Crippen LogP contribution in [0.2, 0.25) is 0 Å². The minimum absolute atomic E-state index is 0.199. The third kappa shape index (κ3) is 4.10. The topological polar surface area (TPSA) is 67.5 Å². The zero-order valence-corrected chi connectivity index (χ0v) is 11.5. The van der Waals surface area contributed by atoms with Gasteiger partial charge in [0.25, 0.3) is 5.56 Å². The summed E-state index contributed by atoms with van der Waals surface area (Å²) in [5.41, 5.74) is -0.199. The third-order valence-electron chi connectivity index (χ3n) is 2.21. The number of hydrogen-bond donors (Lipinski definition) is 1. The van der Waals surface area contributed by atoms with Crippen molar-refractivity contribution in [2.75, 3.05) is 45.4 Å². The summed E-state index contributed by atoms with van der Waals surface area (Å²) >= 11 is 3.24. The van der Waals surface area contributed by atoms with E-state index in [0.29, 0.717) is 36.6 Å². The fourth-order valence-electron chi connectivity index (χ4n) is 1.32. The smallest absolute Gasteiger partial charge is 0.267 e. The summed E-state index contributed by atoms with van der Waals surface area (Å²) in [6, 6.07) is 0. The molecule has 0 aliphatic heterocycles. The number of aromatic nitrogens is 2. The average Bonchev–Trinajstić information content (AvgIpc) is 2.34. The van der Waals surface area contributed by atoms with Gasteiger partial charge in [0.1, 0.15) is 10.3 Å². The Hall–Kier alpha value is -0.920. The van der Waals surface area contributed by atoms with Crippen LogP contribution in [0.5, 0.6) is 0 Å². The Bertz CT molecular complexity index is 389. The van der Waals surface area contributed by atoms with Gasteiger partial charge in [-0.3, -0.25) is 4.79 Å². The lowest BCUT2D eigenvalue weighted by molar-refractivity contribution is 0.190. The number of hydrogen-bond acceptors (Lipinski definition) is 5. The zero-order valence-electron chi connectivity index (χ0n) is 9.90. The van der Waals surface area contributed by atoms with Crippen LogP contribution in [0.15, 0.2) is 15.6 Å². The van der Waals surface area contributed by atoms with Crippen molar-refractivity contribution < 1.29 is 9.47 Å². The van der Waals surface area contributed by atoms with Crippen LogP contribution >= 0.6 is 15.9 Å². The molecule has 0 saturated carbocycles. The van der Waals surface area contributed by atoms with Crippen molar-refractivity contribution in [3.05, 3.63) is 21.2 Å². The molecular weight excluding hydrogens is 290 g/mol. The number of ether oxygens (including phenoxy) is 2. The van der Waals surface area contributed by atoms with Crippen LogP contribution in [-0.4, -0.2) is 50.5 Å². The fourth-order valence-corrected chi connectivity index (χ4v) is 1.79. The molecule has 0 bridgehead atoms. The number of aromatic amines is 1. The summed E-state index contributed by atoms with van der Waals surface area (Å²) in [7, 11) is 3.27. The SMILES string of the molecule is COCCN(CCOC)c1nc[nH]c(=O)c1Br. The molecule has 1 heterocycles. The fraction of sp³-hybridized carbons (Fsp3) is 0.600. The normalized spacial score (nSPS) is 10.5. The maximum atomic E-state index is 11.5. The second kappa shape index (κ2) is 7.41. The Morgan fingerprint density at radius 2 is 1.94 bits per heavy atom. The van der Waals surface area contributed by atoms with Crippen molar-refractivity contribution in [2.45, 2.75) is 0 Å². The average molecular weight is 306 g/mol. The molecule has 0 fully saturated rings. The Morgan fingerprint density at radius 3 is 2.47 bits per heavy atom. The Balaban J connectivity index is 2.86. The van der Waals surface area contributed by atoms with Gasteiger partial charge in [-0.15, -0.1) is 0 Å². The molecule has 0 aliphatic carbocycles. The number of halogens is 1. The van der Waals surface area contributed by atoms with Crippen molar-refractivity contribution in [3.63, 3.8) is 0 Å². The van der Waals surface area contributed by atoms with Crippen LogP contribution in [0.25, 0.3) is 0 Å². The van der Waals surface area contributed by atoms with Crippen LogP contribution in [-0.2, 0) is 9.47 Å². The highest BCUT2D eigenvalue weighted by Crippen LogP contribution is 2.18. The van der Waals surface area contributed by atoms with Gasteiger partial charge in [0.15, 0.2) is 0 Å². The molecule has 7 heteroatoms. The summed E-state index contributed by atoms with van der Waals surface area (Å²) in [5, 5.41) is 0. The van der Waals surface area contributed by atoms with Crippen LogP contribution in [0.1, 0.15) is 0 Å². The molecule has 17 heavy (non-hydrogen) atoms. The first kappa shape index (κ1) is 14.1. The van der Waals surface area contributed by atoms with Crippen molar-refractivity contribution in [1.29, 1.82) is 0 Å². The van der Waals surface area contributed by atoms with Crippen LogP contribution in [0.3, 0.4) is 0 Å². The summed E-state index contributed by atoms with van der Waals surface area (Å²) < 4.78 is 10.5. The van der Waals surface area contributed by atoms with Gasteiger partial charge in [-0.25, -0.2) is 4.98 Å². The lowest BCUT2D eigenvalue weighted by Gasteiger charge is -2.23. The van der Waals surface area contributed by atoms with Gasteiger partial charge in [0, 0.05) is 27.3 Å². The number of nitrogens with one attached hydrogen (secondary N) is 1. The largest absolute Gasteiger partial charge is 0.383 e. The summed E-state index contributed by atoms with van der Waals surface area (Å²) in [6.45, 7) is 2.42. The van der Waals surface area contributed by atoms with E-state index in [9.17, 15) is 4.79 Å². The number of rotatable bonds is 7. The summed E-state index contributed by atoms with van der Waals surface area (Å²) in [5.74, 6) is 0.600. The van der Waals surface area contributed by atoms with E-state index in [2.05, 4.69) is 25.9 Å². The Kier molecular flexibility index (Phi) is 6.17. The first-order valence-corrected chi connectivity index (χ1v) is 5.96. The lowest BCUT2D eigenvalue weighted by Crippen LogP contribution is -2.33. The monoisotopic (exact) mass is 305 g/mol. The summed E-state index contributed by atoms with van der Waals surface area (Å²) in [6.07, 6.45) is 1.38. The van der Waals surface area contributed by atoms with Crippen LogP contribution in [0, 0.1) is 0 Å². The van der Waals surface area contributed by atoms with Crippen molar-refractivity contribution in [1.82, 2.24) is 9.97 Å². The lowest BCUT2D eigenvalue weighted by atomic mass is 10.4. The van der Waals surface area contributed by atoms with E-state index in [0.717, 1.165) is 0 Å². The molecule has 0 atom stereocenters. The van der Waals surface area contributed by atoms with E-state index in [1.54, 1.807) is 14.2 Å². The van der Waals surface area contributed by atoms with Crippen molar-refractivity contribution in [2.24, 2.45) is 0 Å². The van der Waals surface area contributed by atoms with E-state index < -0.39 is 0 Å². The van der Waals surface area contributed by atoms with Gasteiger partial charge in [0.2, 0.25) is 0 Å². The van der Waals surface area contributed by atoms with E-state index in [4.69, 9.17) is 9.47 Å². The minimum Gasteiger partial charge on any atom is -0.383 e. The maximum absolute atomic E-state index is 11.5. The first-order chi connectivity index (χ1) is 8.20. The Labute approximate surface area is 108 Å². The van der Waals surface area contributed by atoms with Gasteiger partial charge in [-0.05, 0) is 15.9 Å². The molecule has 1 aromatic rings. The predicted molar refractivity (Wildman–Crippen MR) is 68.5 cm³/mol. The number of nitrogens with zero attached hydrogens (tertiary/aromatic N) is 2.